The number of nitrogens with one attached hydrogen (secondary N) is 1. The number of benzene rings is 1. The van der Waals surface area contributed by atoms with Gasteiger partial charge in [0, 0.05) is 62.7 Å². The number of alkyl halides is 3. The largest absolute Gasteiger partial charge is 0.490 e. The van der Waals surface area contributed by atoms with Crippen molar-refractivity contribution in [1.82, 2.24) is 9.88 Å². The molecule has 3 fully saturated rings. The summed E-state index contributed by atoms with van der Waals surface area (Å²) in [6.07, 6.45) is 6.48. The molecule has 0 spiro atoms. The second kappa shape index (κ2) is 13.2. The first kappa shape index (κ1) is 29.9. The first-order valence-corrected chi connectivity index (χ1v) is 14.9. The van der Waals surface area contributed by atoms with Crippen LogP contribution < -0.4 is 15.0 Å². The summed E-state index contributed by atoms with van der Waals surface area (Å²) in [5, 5.41) is 14.1. The number of anilines is 2. The van der Waals surface area contributed by atoms with E-state index in [4.69, 9.17) is 4.74 Å². The molecule has 1 aliphatic heterocycles. The summed E-state index contributed by atoms with van der Waals surface area (Å²) in [7, 11) is 0. The van der Waals surface area contributed by atoms with E-state index in [1.54, 1.807) is 6.20 Å². The van der Waals surface area contributed by atoms with Gasteiger partial charge in [0.2, 0.25) is 5.91 Å². The van der Waals surface area contributed by atoms with Gasteiger partial charge < -0.3 is 19.9 Å². The standard InChI is InChI=1S/C30H38F3N5O4/c31-30(32,33)26-19-23(8-11-27(26)38(40)41)35-22-6-9-24(10-7-22)42-25-12-13-34-28(20-25)36-14-16-37(17-15-36)29(39)18-21-4-2-1-3-5-21/h8,11-13,19-22,24,35H,1-7,9-10,14-18H2. The average molecular weight is 590 g/mol. The highest BCUT2D eigenvalue weighted by Crippen LogP contribution is 2.38. The molecule has 228 valence electrons. The number of amides is 1. The number of aromatic nitrogens is 1. The lowest BCUT2D eigenvalue weighted by molar-refractivity contribution is -0.388. The van der Waals surface area contributed by atoms with Gasteiger partial charge in [0.15, 0.2) is 0 Å². The van der Waals surface area contributed by atoms with Crippen molar-refractivity contribution in [3.63, 3.8) is 0 Å². The zero-order chi connectivity index (χ0) is 29.7. The van der Waals surface area contributed by atoms with Crippen molar-refractivity contribution in [1.29, 1.82) is 0 Å². The van der Waals surface area contributed by atoms with Crippen LogP contribution in [0.25, 0.3) is 0 Å². The fraction of sp³-hybridized carbons (Fsp3) is 0.600. The Labute approximate surface area is 243 Å². The van der Waals surface area contributed by atoms with Crippen LogP contribution in [0.15, 0.2) is 36.5 Å². The molecule has 2 saturated carbocycles. The molecule has 0 unspecified atom stereocenters. The smallest absolute Gasteiger partial charge is 0.423 e. The molecule has 1 amide bonds. The molecule has 0 radical (unpaired) electrons. The number of halogens is 3. The van der Waals surface area contributed by atoms with Gasteiger partial charge >= 0.3 is 6.18 Å². The average Bonchev–Trinajstić information content (AvgIpc) is 2.98. The summed E-state index contributed by atoms with van der Waals surface area (Å²) >= 11 is 0. The van der Waals surface area contributed by atoms with E-state index in [1.807, 2.05) is 17.0 Å². The molecule has 1 aromatic heterocycles. The molecule has 42 heavy (non-hydrogen) atoms. The maximum absolute atomic E-state index is 13.3. The Bertz CT molecular complexity index is 1240. The van der Waals surface area contributed by atoms with Gasteiger partial charge in [-0.25, -0.2) is 4.98 Å². The third kappa shape index (κ3) is 7.63. The second-order valence-electron chi connectivity index (χ2n) is 11.6. The summed E-state index contributed by atoms with van der Waals surface area (Å²) in [4.78, 5) is 31.5. The Morgan fingerprint density at radius 1 is 1.00 bits per heavy atom. The minimum atomic E-state index is -4.81. The lowest BCUT2D eigenvalue weighted by Crippen LogP contribution is -2.49. The molecule has 9 nitrogen and oxygen atoms in total. The lowest BCUT2D eigenvalue weighted by atomic mass is 9.86. The van der Waals surface area contributed by atoms with Crippen molar-refractivity contribution in [3.05, 3.63) is 52.2 Å². The van der Waals surface area contributed by atoms with Gasteiger partial charge in [-0.15, -0.1) is 0 Å². The summed E-state index contributed by atoms with van der Waals surface area (Å²) in [5.74, 6) is 2.35. The normalized spacial score (nSPS) is 22.1. The molecule has 0 atom stereocenters. The minimum absolute atomic E-state index is 0.0323. The fourth-order valence-corrected chi connectivity index (χ4v) is 6.36. The number of nitrogens with zero attached hydrogens (tertiary/aromatic N) is 4. The van der Waals surface area contributed by atoms with Crippen molar-refractivity contribution in [3.8, 4) is 5.75 Å². The number of hydrogen-bond acceptors (Lipinski definition) is 7. The van der Waals surface area contributed by atoms with E-state index in [9.17, 15) is 28.1 Å². The maximum atomic E-state index is 13.3. The van der Waals surface area contributed by atoms with E-state index in [1.165, 1.54) is 38.2 Å². The molecule has 1 aromatic carbocycles. The van der Waals surface area contributed by atoms with E-state index in [0.29, 0.717) is 38.3 Å². The van der Waals surface area contributed by atoms with Crippen LogP contribution in [0, 0.1) is 16.0 Å². The third-order valence-corrected chi connectivity index (χ3v) is 8.71. The van der Waals surface area contributed by atoms with E-state index in [-0.39, 0.29) is 23.7 Å². The number of hydrogen-bond donors (Lipinski definition) is 1. The zero-order valence-corrected chi connectivity index (χ0v) is 23.7. The Hall–Kier alpha value is -3.57. The van der Waals surface area contributed by atoms with E-state index < -0.39 is 22.4 Å². The lowest BCUT2D eigenvalue weighted by Gasteiger charge is -2.36. The number of piperazine rings is 1. The number of rotatable bonds is 8. The molecule has 2 heterocycles. The number of nitro groups is 1. The molecule has 1 N–H and O–H groups in total. The van der Waals surface area contributed by atoms with E-state index in [0.717, 1.165) is 49.6 Å². The summed E-state index contributed by atoms with van der Waals surface area (Å²) < 4.78 is 46.2. The molecular formula is C30H38F3N5O4. The number of nitro benzene ring substituents is 1. The zero-order valence-electron chi connectivity index (χ0n) is 23.7. The predicted molar refractivity (Wildman–Crippen MR) is 153 cm³/mol. The molecule has 0 bridgehead atoms. The van der Waals surface area contributed by atoms with Gasteiger partial charge in [-0.1, -0.05) is 19.3 Å². The SMILES string of the molecule is O=C(CC1CCCCC1)N1CCN(c2cc(OC3CCC(Nc4ccc([N+](=O)[O-])c(C(F)(F)F)c4)CC3)ccn2)CC1. The Balaban J connectivity index is 1.09. The first-order valence-electron chi connectivity index (χ1n) is 14.9. The summed E-state index contributed by atoms with van der Waals surface area (Å²) in [6.45, 7) is 2.83. The Morgan fingerprint density at radius 2 is 1.71 bits per heavy atom. The number of ether oxygens (including phenoxy) is 1. The van der Waals surface area contributed by atoms with Gasteiger partial charge in [0.05, 0.1) is 11.0 Å². The highest BCUT2D eigenvalue weighted by atomic mass is 19.4. The fourth-order valence-electron chi connectivity index (χ4n) is 6.36. The van der Waals surface area contributed by atoms with Crippen LogP contribution in [0.2, 0.25) is 0 Å². The van der Waals surface area contributed by atoms with Crippen LogP contribution in [-0.4, -0.2) is 59.0 Å². The number of carbonyl (C=O) groups is 1. The quantitative estimate of drug-likeness (QED) is 0.280. The van der Waals surface area contributed by atoms with Crippen LogP contribution in [0.1, 0.15) is 69.8 Å². The van der Waals surface area contributed by atoms with Gasteiger partial charge in [-0.2, -0.15) is 13.2 Å². The number of carbonyl (C=O) groups excluding carboxylic acids is 1. The molecule has 5 rings (SSSR count). The van der Waals surface area contributed by atoms with Gasteiger partial charge in [0.1, 0.15) is 17.1 Å². The van der Waals surface area contributed by atoms with Crippen molar-refractivity contribution in [2.75, 3.05) is 36.4 Å². The molecular weight excluding hydrogens is 551 g/mol. The van der Waals surface area contributed by atoms with E-state index in [2.05, 4.69) is 15.2 Å². The molecule has 2 aromatic rings. The number of pyridine rings is 1. The van der Waals surface area contributed by atoms with Crippen LogP contribution >= 0.6 is 0 Å². The van der Waals surface area contributed by atoms with Crippen molar-refractivity contribution < 1.29 is 27.6 Å². The van der Waals surface area contributed by atoms with Crippen molar-refractivity contribution >= 4 is 23.1 Å². The Kier molecular flexibility index (Phi) is 9.37. The second-order valence-corrected chi connectivity index (χ2v) is 11.6. The Morgan fingerprint density at radius 3 is 2.38 bits per heavy atom. The monoisotopic (exact) mass is 589 g/mol. The van der Waals surface area contributed by atoms with Gasteiger partial charge in [-0.05, 0) is 62.6 Å². The van der Waals surface area contributed by atoms with Crippen LogP contribution in [0.5, 0.6) is 5.75 Å². The maximum Gasteiger partial charge on any atom is 0.423 e. The first-order chi connectivity index (χ1) is 20.2. The molecule has 3 aliphatic rings. The van der Waals surface area contributed by atoms with E-state index >= 15 is 0 Å². The molecule has 12 heteroatoms. The van der Waals surface area contributed by atoms with Gasteiger partial charge in [0.25, 0.3) is 5.69 Å². The molecule has 2 aliphatic carbocycles. The minimum Gasteiger partial charge on any atom is -0.490 e. The summed E-state index contributed by atoms with van der Waals surface area (Å²) in [5.41, 5.74) is -1.99. The predicted octanol–water partition coefficient (Wildman–Crippen LogP) is 6.43. The van der Waals surface area contributed by atoms with Gasteiger partial charge in [-0.3, -0.25) is 14.9 Å². The third-order valence-electron chi connectivity index (χ3n) is 8.71. The highest BCUT2D eigenvalue weighted by molar-refractivity contribution is 5.76. The highest BCUT2D eigenvalue weighted by Gasteiger charge is 2.38. The topological polar surface area (TPSA) is 101 Å². The van der Waals surface area contributed by atoms with Crippen LogP contribution in [0.3, 0.4) is 0 Å². The molecule has 1 saturated heterocycles. The van der Waals surface area contributed by atoms with Crippen molar-refractivity contribution in [2.24, 2.45) is 5.92 Å². The van der Waals surface area contributed by atoms with Crippen LogP contribution in [-0.2, 0) is 11.0 Å². The summed E-state index contributed by atoms with van der Waals surface area (Å²) in [6, 6.07) is 6.73. The van der Waals surface area contributed by atoms with Crippen molar-refractivity contribution in [2.45, 2.75) is 82.5 Å². The van der Waals surface area contributed by atoms with Crippen LogP contribution in [0.4, 0.5) is 30.4 Å².